The van der Waals surface area contributed by atoms with Crippen LogP contribution in [0.3, 0.4) is 0 Å². The average Bonchev–Trinajstić information content (AvgIpc) is 2.49. The third-order valence-electron chi connectivity index (χ3n) is 3.26. The Bertz CT molecular complexity index is 406. The van der Waals surface area contributed by atoms with Crippen LogP contribution in [0.15, 0.2) is 18.2 Å². The van der Waals surface area contributed by atoms with Gasteiger partial charge in [0.15, 0.2) is 11.5 Å². The van der Waals surface area contributed by atoms with Crippen molar-refractivity contribution in [3.63, 3.8) is 0 Å². The standard InChI is InChI=1S/C14H20O5/c1-15-14(16-2,17-3)7-6-11-4-5-12-13(10-11)19-9-8-18-12/h4-5,10H,6-9H2,1-3H3. The van der Waals surface area contributed by atoms with Gasteiger partial charge >= 0.3 is 0 Å². The number of methoxy groups -OCH3 is 3. The highest BCUT2D eigenvalue weighted by Crippen LogP contribution is 2.31. The second-order valence-corrected chi connectivity index (χ2v) is 4.27. The molecular formula is C14H20O5. The molecule has 0 saturated heterocycles. The van der Waals surface area contributed by atoms with Gasteiger partial charge in [-0.05, 0) is 24.1 Å². The number of hydrogen-bond donors (Lipinski definition) is 0. The molecule has 1 heterocycles. The minimum Gasteiger partial charge on any atom is -0.486 e. The van der Waals surface area contributed by atoms with Crippen LogP contribution in [0.2, 0.25) is 0 Å². The van der Waals surface area contributed by atoms with Gasteiger partial charge in [0, 0.05) is 27.8 Å². The van der Waals surface area contributed by atoms with Crippen molar-refractivity contribution in [3.8, 4) is 11.5 Å². The van der Waals surface area contributed by atoms with E-state index in [0.29, 0.717) is 19.6 Å². The Hall–Kier alpha value is -1.30. The second-order valence-electron chi connectivity index (χ2n) is 4.27. The van der Waals surface area contributed by atoms with Gasteiger partial charge in [-0.2, -0.15) is 0 Å². The Labute approximate surface area is 113 Å². The first-order chi connectivity index (χ1) is 9.23. The van der Waals surface area contributed by atoms with Crippen LogP contribution in [0, 0.1) is 0 Å². The molecule has 106 valence electrons. The summed E-state index contributed by atoms with van der Waals surface area (Å²) in [6.45, 7) is 1.20. The van der Waals surface area contributed by atoms with Crippen LogP contribution < -0.4 is 9.47 Å². The first-order valence-electron chi connectivity index (χ1n) is 6.27. The Morgan fingerprint density at radius 2 is 1.63 bits per heavy atom. The maximum atomic E-state index is 5.56. The molecule has 0 aromatic heterocycles. The van der Waals surface area contributed by atoms with Crippen LogP contribution in [-0.4, -0.2) is 40.5 Å². The number of fused-ring (bicyclic) bond motifs is 1. The molecule has 0 N–H and O–H groups in total. The highest BCUT2D eigenvalue weighted by molar-refractivity contribution is 5.43. The lowest BCUT2D eigenvalue weighted by Crippen LogP contribution is -2.36. The van der Waals surface area contributed by atoms with Crippen molar-refractivity contribution in [2.24, 2.45) is 0 Å². The summed E-state index contributed by atoms with van der Waals surface area (Å²) in [6, 6.07) is 5.93. The zero-order valence-electron chi connectivity index (χ0n) is 11.6. The van der Waals surface area contributed by atoms with Crippen LogP contribution in [-0.2, 0) is 20.6 Å². The van der Waals surface area contributed by atoms with Gasteiger partial charge in [0.1, 0.15) is 13.2 Å². The first kappa shape index (κ1) is 14.1. The molecule has 0 aliphatic carbocycles. The Balaban J connectivity index is 2.03. The van der Waals surface area contributed by atoms with Crippen molar-refractivity contribution >= 4 is 0 Å². The fourth-order valence-electron chi connectivity index (χ4n) is 2.10. The lowest BCUT2D eigenvalue weighted by Gasteiger charge is -2.28. The first-order valence-corrected chi connectivity index (χ1v) is 6.27. The lowest BCUT2D eigenvalue weighted by atomic mass is 10.1. The molecule has 0 atom stereocenters. The van der Waals surface area contributed by atoms with E-state index in [2.05, 4.69) is 0 Å². The van der Waals surface area contributed by atoms with Gasteiger partial charge in [0.25, 0.3) is 5.97 Å². The lowest BCUT2D eigenvalue weighted by molar-refractivity contribution is -0.354. The fourth-order valence-corrected chi connectivity index (χ4v) is 2.10. The molecule has 0 amide bonds. The molecule has 5 heteroatoms. The van der Waals surface area contributed by atoms with E-state index in [9.17, 15) is 0 Å². The van der Waals surface area contributed by atoms with E-state index in [1.165, 1.54) is 0 Å². The number of benzene rings is 1. The summed E-state index contributed by atoms with van der Waals surface area (Å²) in [7, 11) is 4.70. The van der Waals surface area contributed by atoms with Gasteiger partial charge < -0.3 is 23.7 Å². The van der Waals surface area contributed by atoms with Gasteiger partial charge in [0.2, 0.25) is 0 Å². The second kappa shape index (κ2) is 6.23. The van der Waals surface area contributed by atoms with Crippen molar-refractivity contribution in [1.29, 1.82) is 0 Å². The molecule has 0 unspecified atom stereocenters. The van der Waals surface area contributed by atoms with E-state index in [4.69, 9.17) is 23.7 Å². The number of hydrogen-bond acceptors (Lipinski definition) is 5. The summed E-state index contributed by atoms with van der Waals surface area (Å²) in [5.74, 6) is 0.598. The molecule has 0 saturated carbocycles. The topological polar surface area (TPSA) is 46.2 Å². The van der Waals surface area contributed by atoms with Crippen LogP contribution in [0.5, 0.6) is 11.5 Å². The molecule has 5 nitrogen and oxygen atoms in total. The minimum absolute atomic E-state index is 0.592. The van der Waals surface area contributed by atoms with Gasteiger partial charge in [-0.1, -0.05) is 6.07 Å². The molecule has 1 aliphatic heterocycles. The molecule has 2 rings (SSSR count). The van der Waals surface area contributed by atoms with Crippen LogP contribution in [0.4, 0.5) is 0 Å². The van der Waals surface area contributed by atoms with Crippen molar-refractivity contribution in [2.45, 2.75) is 18.8 Å². The Morgan fingerprint density at radius 3 is 2.26 bits per heavy atom. The Morgan fingerprint density at radius 1 is 1.00 bits per heavy atom. The van der Waals surface area contributed by atoms with E-state index >= 15 is 0 Å². The quantitative estimate of drug-likeness (QED) is 0.738. The van der Waals surface area contributed by atoms with E-state index in [0.717, 1.165) is 23.5 Å². The summed E-state index contributed by atoms with van der Waals surface area (Å²) in [5, 5.41) is 0. The molecule has 1 aromatic rings. The van der Waals surface area contributed by atoms with E-state index in [1.54, 1.807) is 21.3 Å². The van der Waals surface area contributed by atoms with Crippen molar-refractivity contribution in [3.05, 3.63) is 23.8 Å². The van der Waals surface area contributed by atoms with Crippen LogP contribution >= 0.6 is 0 Å². The van der Waals surface area contributed by atoms with Gasteiger partial charge in [-0.3, -0.25) is 0 Å². The van der Waals surface area contributed by atoms with Crippen molar-refractivity contribution < 1.29 is 23.7 Å². The van der Waals surface area contributed by atoms with Crippen LogP contribution in [0.25, 0.3) is 0 Å². The van der Waals surface area contributed by atoms with Gasteiger partial charge in [0.05, 0.1) is 0 Å². The van der Waals surface area contributed by atoms with E-state index in [-0.39, 0.29) is 0 Å². The molecule has 19 heavy (non-hydrogen) atoms. The van der Waals surface area contributed by atoms with Gasteiger partial charge in [-0.15, -0.1) is 0 Å². The number of aryl methyl sites for hydroxylation is 1. The van der Waals surface area contributed by atoms with E-state index in [1.807, 2.05) is 18.2 Å². The molecule has 0 spiro atoms. The minimum atomic E-state index is -0.993. The normalized spacial score (nSPS) is 14.5. The Kier molecular flexibility index (Phi) is 4.63. The largest absolute Gasteiger partial charge is 0.486 e. The third-order valence-corrected chi connectivity index (χ3v) is 3.26. The predicted molar refractivity (Wildman–Crippen MR) is 69.5 cm³/mol. The summed E-state index contributed by atoms with van der Waals surface area (Å²) in [5.41, 5.74) is 1.12. The molecule has 1 aromatic carbocycles. The molecule has 0 bridgehead atoms. The summed E-state index contributed by atoms with van der Waals surface area (Å²) >= 11 is 0. The smallest absolute Gasteiger partial charge is 0.282 e. The fraction of sp³-hybridized carbons (Fsp3) is 0.571. The molecule has 0 fully saturated rings. The zero-order valence-corrected chi connectivity index (χ0v) is 11.6. The number of ether oxygens (including phenoxy) is 5. The molecule has 1 aliphatic rings. The molecular weight excluding hydrogens is 248 g/mol. The monoisotopic (exact) mass is 268 g/mol. The predicted octanol–water partition coefficient (Wildman–Crippen LogP) is 1.98. The van der Waals surface area contributed by atoms with Crippen LogP contribution in [0.1, 0.15) is 12.0 Å². The van der Waals surface area contributed by atoms with E-state index < -0.39 is 5.97 Å². The van der Waals surface area contributed by atoms with Gasteiger partial charge in [-0.25, -0.2) is 0 Å². The summed E-state index contributed by atoms with van der Waals surface area (Å²) in [4.78, 5) is 0. The maximum absolute atomic E-state index is 5.56. The molecule has 0 radical (unpaired) electrons. The zero-order chi connectivity index (χ0) is 13.7. The number of rotatable bonds is 6. The average molecular weight is 268 g/mol. The van der Waals surface area contributed by atoms with Crippen molar-refractivity contribution in [2.75, 3.05) is 34.5 Å². The highest BCUT2D eigenvalue weighted by Gasteiger charge is 2.29. The SMILES string of the molecule is COC(CCc1ccc2c(c1)OCCO2)(OC)OC. The van der Waals surface area contributed by atoms with Crippen molar-refractivity contribution in [1.82, 2.24) is 0 Å². The summed E-state index contributed by atoms with van der Waals surface area (Å²) < 4.78 is 26.9. The summed E-state index contributed by atoms with van der Waals surface area (Å²) in [6.07, 6.45) is 1.35. The highest BCUT2D eigenvalue weighted by atomic mass is 16.9. The maximum Gasteiger partial charge on any atom is 0.282 e. The third kappa shape index (κ3) is 3.18.